The lowest BCUT2D eigenvalue weighted by molar-refractivity contribution is 1.04. The van der Waals surface area contributed by atoms with Gasteiger partial charge in [-0.05, 0) is 185 Å². The summed E-state index contributed by atoms with van der Waals surface area (Å²) in [5.74, 6) is 0. The van der Waals surface area contributed by atoms with E-state index in [1.807, 2.05) is 0 Å². The third-order valence-electron chi connectivity index (χ3n) is 12.7. The molecule has 0 bridgehead atoms. The lowest BCUT2D eigenvalue weighted by Crippen LogP contribution is -2.10. The Hall–Kier alpha value is -7.56. The summed E-state index contributed by atoms with van der Waals surface area (Å²) in [7, 11) is 0. The van der Waals surface area contributed by atoms with Gasteiger partial charge in [-0.15, -0.1) is 0 Å². The summed E-state index contributed by atoms with van der Waals surface area (Å²) >= 11 is 0. The van der Waals surface area contributed by atoms with Gasteiger partial charge in [-0.25, -0.2) is 0 Å². The Morgan fingerprint density at radius 3 is 0.952 bits per heavy atom. The number of para-hydroxylation sites is 2. The van der Waals surface area contributed by atoms with Crippen LogP contribution in [0.2, 0.25) is 0 Å². The number of aromatic nitrogens is 2. The van der Waals surface area contributed by atoms with Crippen LogP contribution in [0.1, 0.15) is 33.6 Å². The molecule has 4 heteroatoms. The average Bonchev–Trinajstić information content (AvgIpc) is 3.71. The minimum atomic E-state index is 1.12. The number of aryl methyl sites for hydroxylation is 4. The SMILES string of the molecule is Cc1ccc(N(c2ccccc2)c2ccc(-n3c(C)c(C)c4cc(-c5ccc6c(c5)c(C)c(C)n6-c5ccc(N(c6ccccc6)c6ccc(C)cc6)cc5)ccc43)cc2)cc1. The molecule has 10 rings (SSSR count). The second-order valence-corrected chi connectivity index (χ2v) is 16.6. The predicted octanol–water partition coefficient (Wildman–Crippen LogP) is 16.0. The van der Waals surface area contributed by atoms with Gasteiger partial charge in [-0.3, -0.25) is 0 Å². The number of hydrogen-bond acceptors (Lipinski definition) is 2. The molecule has 0 fully saturated rings. The monoisotopic (exact) mass is 802 g/mol. The molecule has 2 heterocycles. The zero-order valence-electron chi connectivity index (χ0n) is 36.3. The Morgan fingerprint density at radius 2 is 0.613 bits per heavy atom. The third kappa shape index (κ3) is 6.84. The summed E-state index contributed by atoms with van der Waals surface area (Å²) in [6.07, 6.45) is 0. The van der Waals surface area contributed by atoms with Crippen LogP contribution in [-0.4, -0.2) is 9.13 Å². The van der Waals surface area contributed by atoms with Crippen molar-refractivity contribution in [2.45, 2.75) is 41.5 Å². The van der Waals surface area contributed by atoms with Crippen LogP contribution >= 0.6 is 0 Å². The molecule has 0 aliphatic heterocycles. The number of nitrogens with zero attached hydrogens (tertiary/aromatic N) is 4. The van der Waals surface area contributed by atoms with Crippen molar-refractivity contribution in [2.24, 2.45) is 0 Å². The Bertz CT molecular complexity index is 2970. The van der Waals surface area contributed by atoms with E-state index in [0.29, 0.717) is 0 Å². The highest BCUT2D eigenvalue weighted by molar-refractivity contribution is 5.95. The topological polar surface area (TPSA) is 16.3 Å². The van der Waals surface area contributed by atoms with Crippen molar-refractivity contribution < 1.29 is 0 Å². The maximum atomic E-state index is 2.40. The van der Waals surface area contributed by atoms with Gasteiger partial charge < -0.3 is 18.9 Å². The molecule has 302 valence electrons. The second-order valence-electron chi connectivity index (χ2n) is 16.6. The molecule has 0 saturated carbocycles. The largest absolute Gasteiger partial charge is 0.314 e. The van der Waals surface area contributed by atoms with Gasteiger partial charge in [0.25, 0.3) is 0 Å². The van der Waals surface area contributed by atoms with Crippen LogP contribution in [0.25, 0.3) is 44.3 Å². The van der Waals surface area contributed by atoms with Gasteiger partial charge in [0.15, 0.2) is 0 Å². The van der Waals surface area contributed by atoms with Crippen molar-refractivity contribution in [1.82, 2.24) is 9.13 Å². The van der Waals surface area contributed by atoms with E-state index in [0.717, 1.165) is 45.5 Å². The van der Waals surface area contributed by atoms with E-state index in [9.17, 15) is 0 Å². The highest BCUT2D eigenvalue weighted by Crippen LogP contribution is 2.40. The van der Waals surface area contributed by atoms with Crippen LogP contribution < -0.4 is 9.80 Å². The first-order chi connectivity index (χ1) is 30.2. The summed E-state index contributed by atoms with van der Waals surface area (Å²) < 4.78 is 4.80. The molecule has 2 aromatic heterocycles. The number of anilines is 6. The first-order valence-corrected chi connectivity index (χ1v) is 21.5. The molecule has 0 saturated heterocycles. The fourth-order valence-electron chi connectivity index (χ4n) is 9.11. The Morgan fingerprint density at radius 1 is 0.306 bits per heavy atom. The zero-order valence-corrected chi connectivity index (χ0v) is 36.3. The maximum absolute atomic E-state index is 2.40. The zero-order chi connectivity index (χ0) is 42.5. The molecule has 0 atom stereocenters. The van der Waals surface area contributed by atoms with Crippen molar-refractivity contribution in [1.29, 1.82) is 0 Å². The van der Waals surface area contributed by atoms with Gasteiger partial charge in [0.1, 0.15) is 0 Å². The van der Waals surface area contributed by atoms with Gasteiger partial charge in [0, 0.05) is 67.7 Å². The molecule has 4 nitrogen and oxygen atoms in total. The molecule has 0 unspecified atom stereocenters. The maximum Gasteiger partial charge on any atom is 0.0534 e. The van der Waals surface area contributed by atoms with Crippen LogP contribution in [0.5, 0.6) is 0 Å². The number of fused-ring (bicyclic) bond motifs is 2. The van der Waals surface area contributed by atoms with E-state index < -0.39 is 0 Å². The first-order valence-electron chi connectivity index (χ1n) is 21.5. The lowest BCUT2D eigenvalue weighted by atomic mass is 10.00. The van der Waals surface area contributed by atoms with Crippen molar-refractivity contribution in [3.8, 4) is 22.5 Å². The fraction of sp³-hybridized carbons (Fsp3) is 0.103. The van der Waals surface area contributed by atoms with Gasteiger partial charge >= 0.3 is 0 Å². The van der Waals surface area contributed by atoms with E-state index in [1.54, 1.807) is 0 Å². The summed E-state index contributed by atoms with van der Waals surface area (Å²) in [5.41, 5.74) is 21.6. The predicted molar refractivity (Wildman–Crippen MR) is 263 cm³/mol. The summed E-state index contributed by atoms with van der Waals surface area (Å²) in [6, 6.07) is 70.6. The van der Waals surface area contributed by atoms with Gasteiger partial charge in [0.2, 0.25) is 0 Å². The van der Waals surface area contributed by atoms with Crippen LogP contribution in [0.3, 0.4) is 0 Å². The molecular weight excluding hydrogens is 753 g/mol. The minimum absolute atomic E-state index is 1.12. The van der Waals surface area contributed by atoms with Crippen molar-refractivity contribution >= 4 is 55.9 Å². The smallest absolute Gasteiger partial charge is 0.0534 e. The Balaban J connectivity index is 0.967. The Kier molecular flexibility index (Phi) is 9.84. The minimum Gasteiger partial charge on any atom is -0.314 e. The molecule has 10 aromatic rings. The molecule has 0 radical (unpaired) electrons. The normalized spacial score (nSPS) is 11.4. The first kappa shape index (κ1) is 38.6. The van der Waals surface area contributed by atoms with Crippen molar-refractivity contribution in [3.63, 3.8) is 0 Å². The van der Waals surface area contributed by atoms with E-state index in [1.165, 1.54) is 66.6 Å². The Labute approximate surface area is 365 Å². The molecule has 0 amide bonds. The number of hydrogen-bond donors (Lipinski definition) is 0. The molecule has 8 aromatic carbocycles. The van der Waals surface area contributed by atoms with Crippen LogP contribution in [-0.2, 0) is 0 Å². The van der Waals surface area contributed by atoms with E-state index in [-0.39, 0.29) is 0 Å². The molecule has 62 heavy (non-hydrogen) atoms. The quantitative estimate of drug-likeness (QED) is 0.145. The fourth-order valence-corrected chi connectivity index (χ4v) is 9.11. The molecule has 0 aliphatic rings. The van der Waals surface area contributed by atoms with E-state index in [2.05, 4.69) is 255 Å². The standard InChI is InChI=1S/C58H50N4/c1-39-17-23-51(24-18-39)61(47-13-9-7-10-14-47)53-31-27-49(28-32-53)59-43(5)41(3)55-37-45(21-35-57(55)59)46-22-36-58-56(38-46)42(4)44(6)60(58)50-29-33-54(34-30-50)62(48-15-11-8-12-16-48)52-25-19-40(2)20-26-52/h7-38H,1-6H3. The average molecular weight is 803 g/mol. The third-order valence-corrected chi connectivity index (χ3v) is 12.7. The summed E-state index contributed by atoms with van der Waals surface area (Å²) in [4.78, 5) is 4.64. The van der Waals surface area contributed by atoms with E-state index >= 15 is 0 Å². The van der Waals surface area contributed by atoms with Crippen molar-refractivity contribution in [3.05, 3.63) is 228 Å². The van der Waals surface area contributed by atoms with Gasteiger partial charge in [-0.2, -0.15) is 0 Å². The van der Waals surface area contributed by atoms with Crippen LogP contribution in [0, 0.1) is 41.5 Å². The summed E-state index contributed by atoms with van der Waals surface area (Å²) in [6.45, 7) is 13.2. The highest BCUT2D eigenvalue weighted by Gasteiger charge is 2.19. The molecule has 0 aliphatic carbocycles. The van der Waals surface area contributed by atoms with E-state index in [4.69, 9.17) is 0 Å². The highest BCUT2D eigenvalue weighted by atomic mass is 15.1. The number of benzene rings is 8. The van der Waals surface area contributed by atoms with Gasteiger partial charge in [-0.1, -0.05) is 83.9 Å². The molecule has 0 spiro atoms. The lowest BCUT2D eigenvalue weighted by Gasteiger charge is -2.26. The van der Waals surface area contributed by atoms with Crippen molar-refractivity contribution in [2.75, 3.05) is 9.80 Å². The van der Waals surface area contributed by atoms with Crippen LogP contribution in [0.4, 0.5) is 34.1 Å². The number of rotatable bonds is 9. The molecular formula is C58H50N4. The molecule has 0 N–H and O–H groups in total. The van der Waals surface area contributed by atoms with Gasteiger partial charge in [0.05, 0.1) is 11.0 Å². The van der Waals surface area contributed by atoms with Crippen LogP contribution in [0.15, 0.2) is 194 Å². The second kappa shape index (κ2) is 15.8. The summed E-state index contributed by atoms with van der Waals surface area (Å²) in [5, 5.41) is 2.55.